The second kappa shape index (κ2) is 5.75. The number of carbonyl (C=O) groups is 2. The van der Waals surface area contributed by atoms with Gasteiger partial charge >= 0.3 is 5.76 Å². The van der Waals surface area contributed by atoms with Crippen LogP contribution in [0.2, 0.25) is 0 Å². The van der Waals surface area contributed by atoms with Gasteiger partial charge in [0.05, 0.1) is 29.5 Å². The van der Waals surface area contributed by atoms with Crippen molar-refractivity contribution < 1.29 is 31.5 Å². The summed E-state index contributed by atoms with van der Waals surface area (Å²) in [7, 11) is -3.55. The molecule has 1 aromatic carbocycles. The zero-order chi connectivity index (χ0) is 20.0. The van der Waals surface area contributed by atoms with Crippen LogP contribution in [-0.4, -0.2) is 33.1 Å². The smallest absolute Gasteiger partial charge is 0.341 e. The molecule has 0 radical (unpaired) electrons. The molecule has 2 bridgehead atoms. The Morgan fingerprint density at radius 3 is 2.11 bits per heavy atom. The van der Waals surface area contributed by atoms with Crippen molar-refractivity contribution in [1.29, 1.82) is 0 Å². The third kappa shape index (κ3) is 2.19. The maximum absolute atomic E-state index is 13.2. The van der Waals surface area contributed by atoms with Crippen LogP contribution in [0.3, 0.4) is 0 Å². The number of nitrogens with zero attached hydrogens (tertiary/aromatic N) is 1. The lowest BCUT2D eigenvalue weighted by Gasteiger charge is -2.42. The van der Waals surface area contributed by atoms with Crippen molar-refractivity contribution in [1.82, 2.24) is 0 Å². The molecule has 0 aromatic heterocycles. The molecule has 0 N–H and O–H groups in total. The van der Waals surface area contributed by atoms with Gasteiger partial charge in [-0.05, 0) is 61.1 Å². The second-order valence-electron chi connectivity index (χ2n) is 8.17. The van der Waals surface area contributed by atoms with Gasteiger partial charge in [-0.25, -0.2) is 13.3 Å². The van der Waals surface area contributed by atoms with Crippen LogP contribution in [0, 0.1) is 35.5 Å². The highest BCUT2D eigenvalue weighted by Gasteiger charge is 2.68. The van der Waals surface area contributed by atoms with Gasteiger partial charge in [0.25, 0.3) is 0 Å². The largest absolute Gasteiger partial charge is 0.495 e. The summed E-state index contributed by atoms with van der Waals surface area (Å²) in [5.41, 5.74) is -0.0679. The van der Waals surface area contributed by atoms with Crippen LogP contribution in [0.4, 0.5) is 14.5 Å². The summed E-state index contributed by atoms with van der Waals surface area (Å²) >= 11 is 0. The number of anilines is 1. The first kappa shape index (κ1) is 18.0. The number of methoxy groups -OCH3 is 1. The van der Waals surface area contributed by atoms with Crippen LogP contribution >= 0.6 is 0 Å². The highest BCUT2D eigenvalue weighted by Crippen LogP contribution is 2.68. The lowest BCUT2D eigenvalue weighted by atomic mass is 9.59. The molecule has 150 valence electrons. The number of ether oxygens (including phenoxy) is 1. The Balaban J connectivity index is 1.60. The van der Waals surface area contributed by atoms with Gasteiger partial charge < -0.3 is 4.74 Å². The fourth-order valence-corrected chi connectivity index (χ4v) is 6.64. The first-order valence-corrected chi connectivity index (χ1v) is 10.9. The molecule has 4 aliphatic carbocycles. The molecule has 4 saturated carbocycles. The summed E-state index contributed by atoms with van der Waals surface area (Å²) in [4.78, 5) is 26.8. The minimum atomic E-state index is -4.86. The van der Waals surface area contributed by atoms with Crippen molar-refractivity contribution in [3.63, 3.8) is 0 Å². The molecule has 6 nitrogen and oxygen atoms in total. The van der Waals surface area contributed by atoms with Crippen molar-refractivity contribution in [2.75, 3.05) is 12.0 Å². The maximum atomic E-state index is 13.2. The molecule has 9 heteroatoms. The highest BCUT2D eigenvalue weighted by molar-refractivity contribution is 7.91. The van der Waals surface area contributed by atoms with Crippen LogP contribution in [0.15, 0.2) is 23.1 Å². The van der Waals surface area contributed by atoms with E-state index in [1.165, 1.54) is 13.2 Å². The Morgan fingerprint density at radius 1 is 1.04 bits per heavy atom. The van der Waals surface area contributed by atoms with Crippen molar-refractivity contribution >= 4 is 27.3 Å². The van der Waals surface area contributed by atoms with E-state index < -0.39 is 32.3 Å². The Kier molecular flexibility index (Phi) is 3.70. The Hall–Kier alpha value is -2.03. The molecule has 0 spiro atoms. The molecule has 5 aliphatic rings. The second-order valence-corrected chi connectivity index (χ2v) is 10.1. The van der Waals surface area contributed by atoms with Crippen molar-refractivity contribution in [2.45, 2.75) is 29.9 Å². The zero-order valence-corrected chi connectivity index (χ0v) is 15.9. The average molecular weight is 411 g/mol. The van der Waals surface area contributed by atoms with Crippen LogP contribution in [0.25, 0.3) is 0 Å². The van der Waals surface area contributed by atoms with E-state index in [1.807, 2.05) is 0 Å². The topological polar surface area (TPSA) is 80.8 Å². The number of carbonyl (C=O) groups excluding carboxylic acids is 2. The third-order valence-electron chi connectivity index (χ3n) is 7.10. The van der Waals surface area contributed by atoms with Crippen molar-refractivity contribution in [3.8, 4) is 5.75 Å². The van der Waals surface area contributed by atoms with Crippen molar-refractivity contribution in [3.05, 3.63) is 18.2 Å². The van der Waals surface area contributed by atoms with Crippen LogP contribution < -0.4 is 9.64 Å². The summed E-state index contributed by atoms with van der Waals surface area (Å²) in [5, 5.41) is 0. The molecule has 6 rings (SSSR count). The normalized spacial score (nSPS) is 35.9. The molecule has 1 saturated heterocycles. The Labute approximate surface area is 160 Å². The van der Waals surface area contributed by atoms with Gasteiger partial charge in [-0.2, -0.15) is 8.78 Å². The van der Waals surface area contributed by atoms with E-state index in [4.69, 9.17) is 4.74 Å². The first-order valence-electron chi connectivity index (χ1n) is 9.35. The summed E-state index contributed by atoms with van der Waals surface area (Å²) in [6.45, 7) is 0. The van der Waals surface area contributed by atoms with Gasteiger partial charge in [0.2, 0.25) is 21.7 Å². The standard InChI is InChI=1S/C19H19F2NO5S/c1-27-14-5-2-8(28(25,26)19(20)21)6-13(14)22-17(23)15-9-3-4-10(12-7-11(9)12)16(15)18(22)24/h2,5-6,9-12,15-16,19H,3-4,7H2,1H3/t9-,10+,11+,12-,15-,16+. The number of hydrogen-bond acceptors (Lipinski definition) is 5. The van der Waals surface area contributed by atoms with Gasteiger partial charge in [0.1, 0.15) is 5.75 Å². The van der Waals surface area contributed by atoms with Crippen LogP contribution in [-0.2, 0) is 19.4 Å². The van der Waals surface area contributed by atoms with Gasteiger partial charge in [0, 0.05) is 0 Å². The fraction of sp³-hybridized carbons (Fsp3) is 0.579. The number of alkyl halides is 2. The van der Waals surface area contributed by atoms with E-state index in [2.05, 4.69) is 0 Å². The first-order chi connectivity index (χ1) is 13.3. The summed E-state index contributed by atoms with van der Waals surface area (Å²) in [6.07, 6.45) is 2.93. The van der Waals surface area contributed by atoms with Crippen LogP contribution in [0.1, 0.15) is 19.3 Å². The fourth-order valence-electron chi connectivity index (χ4n) is 5.90. The summed E-state index contributed by atoms with van der Waals surface area (Å²) in [6, 6.07) is 3.16. The van der Waals surface area contributed by atoms with Gasteiger partial charge in [-0.1, -0.05) is 0 Å². The predicted molar refractivity (Wildman–Crippen MR) is 93.5 cm³/mol. The number of fused-ring (bicyclic) bond motifs is 1. The number of rotatable bonds is 4. The van der Waals surface area contributed by atoms with Crippen LogP contribution in [0.5, 0.6) is 5.75 Å². The average Bonchev–Trinajstić information content (AvgIpc) is 3.45. The molecule has 6 atom stereocenters. The summed E-state index contributed by atoms with van der Waals surface area (Å²) < 4.78 is 55.0. The van der Waals surface area contributed by atoms with E-state index in [1.54, 1.807) is 0 Å². The van der Waals surface area contributed by atoms with Gasteiger partial charge in [-0.3, -0.25) is 9.59 Å². The number of imide groups is 1. The molecule has 28 heavy (non-hydrogen) atoms. The number of hydrogen-bond donors (Lipinski definition) is 0. The molecular formula is C19H19F2NO5S. The molecule has 1 heterocycles. The van der Waals surface area contributed by atoms with Gasteiger partial charge in [-0.15, -0.1) is 0 Å². The monoisotopic (exact) mass is 411 g/mol. The Morgan fingerprint density at radius 2 is 1.61 bits per heavy atom. The number of benzene rings is 1. The number of sulfone groups is 1. The zero-order valence-electron chi connectivity index (χ0n) is 15.0. The van der Waals surface area contributed by atoms with E-state index in [0.717, 1.165) is 36.3 Å². The Bertz CT molecular complexity index is 960. The maximum Gasteiger partial charge on any atom is 0.341 e. The molecule has 2 amide bonds. The van der Waals surface area contributed by atoms with E-state index >= 15 is 0 Å². The number of halogens is 2. The molecular weight excluding hydrogens is 392 g/mol. The van der Waals surface area contributed by atoms with Crippen molar-refractivity contribution in [2.24, 2.45) is 35.5 Å². The lowest BCUT2D eigenvalue weighted by molar-refractivity contribution is -0.129. The van der Waals surface area contributed by atoms with E-state index in [9.17, 15) is 26.8 Å². The minimum Gasteiger partial charge on any atom is -0.495 e. The van der Waals surface area contributed by atoms with Gasteiger partial charge in [0.15, 0.2) is 0 Å². The molecule has 5 fully saturated rings. The van der Waals surface area contributed by atoms with E-state index in [0.29, 0.717) is 11.8 Å². The molecule has 1 aromatic rings. The summed E-state index contributed by atoms with van der Waals surface area (Å²) in [5.74, 6) is -3.63. The number of amides is 2. The molecule has 0 unspecified atom stereocenters. The highest BCUT2D eigenvalue weighted by atomic mass is 32.2. The molecule has 1 aliphatic heterocycles. The van der Waals surface area contributed by atoms with E-state index in [-0.39, 0.29) is 35.1 Å². The predicted octanol–water partition coefficient (Wildman–Crippen LogP) is 2.47. The SMILES string of the molecule is COc1ccc(S(=O)(=O)C(F)F)cc1N1C(=O)[C@@H]2[C@@H]3CC[C@@H]([C@H]4C[C@H]43)[C@@H]2C1=O. The third-order valence-corrected chi connectivity index (χ3v) is 8.48. The quantitative estimate of drug-likeness (QED) is 0.711. The minimum absolute atomic E-state index is 0.0679. The lowest BCUT2D eigenvalue weighted by Crippen LogP contribution is -2.43.